The summed E-state index contributed by atoms with van der Waals surface area (Å²) >= 11 is 0. The van der Waals surface area contributed by atoms with Crippen LogP contribution in [0.5, 0.6) is 0 Å². The lowest BCUT2D eigenvalue weighted by Crippen LogP contribution is -2.22. The standard InChI is InChI=1S/C12H16N2O/c1-14(2)11(15)9-3-5-10(6-4-9)12(13)7-8-12/h3-6H,7-8,13H2,1-2H3. The molecule has 80 valence electrons. The third-order valence-corrected chi connectivity index (χ3v) is 2.90. The molecule has 3 heteroatoms. The lowest BCUT2D eigenvalue weighted by molar-refractivity contribution is 0.0827. The highest BCUT2D eigenvalue weighted by atomic mass is 16.2. The minimum atomic E-state index is -0.111. The molecule has 0 aromatic heterocycles. The van der Waals surface area contributed by atoms with E-state index in [-0.39, 0.29) is 11.4 Å². The molecule has 0 aliphatic heterocycles. The largest absolute Gasteiger partial charge is 0.345 e. The summed E-state index contributed by atoms with van der Waals surface area (Å²) in [5.74, 6) is 0.0309. The van der Waals surface area contributed by atoms with Crippen LogP contribution < -0.4 is 5.73 Å². The fourth-order valence-electron chi connectivity index (χ4n) is 1.63. The van der Waals surface area contributed by atoms with Gasteiger partial charge in [-0.2, -0.15) is 0 Å². The van der Waals surface area contributed by atoms with Gasteiger partial charge >= 0.3 is 0 Å². The lowest BCUT2D eigenvalue weighted by Gasteiger charge is -2.12. The molecule has 3 nitrogen and oxygen atoms in total. The molecule has 0 spiro atoms. The predicted octanol–water partition coefficient (Wildman–Crippen LogP) is 1.34. The SMILES string of the molecule is CN(C)C(=O)c1ccc(C2(N)CC2)cc1. The fourth-order valence-corrected chi connectivity index (χ4v) is 1.63. The Labute approximate surface area is 89.9 Å². The number of nitrogens with zero attached hydrogens (tertiary/aromatic N) is 1. The van der Waals surface area contributed by atoms with E-state index in [0.29, 0.717) is 5.56 Å². The van der Waals surface area contributed by atoms with Crippen molar-refractivity contribution in [2.45, 2.75) is 18.4 Å². The predicted molar refractivity (Wildman–Crippen MR) is 59.6 cm³/mol. The molecule has 15 heavy (non-hydrogen) atoms. The summed E-state index contributed by atoms with van der Waals surface area (Å²) in [4.78, 5) is 13.2. The molecular weight excluding hydrogens is 188 g/mol. The molecule has 1 aliphatic rings. The fraction of sp³-hybridized carbons (Fsp3) is 0.417. The third kappa shape index (κ3) is 1.88. The van der Waals surface area contributed by atoms with E-state index in [1.807, 2.05) is 24.3 Å². The number of carbonyl (C=O) groups is 1. The molecule has 1 amide bonds. The summed E-state index contributed by atoms with van der Waals surface area (Å²) in [5, 5.41) is 0. The molecule has 2 N–H and O–H groups in total. The van der Waals surface area contributed by atoms with Crippen molar-refractivity contribution in [2.24, 2.45) is 5.73 Å². The van der Waals surface area contributed by atoms with E-state index >= 15 is 0 Å². The second-order valence-electron chi connectivity index (χ2n) is 4.43. The van der Waals surface area contributed by atoms with Crippen molar-refractivity contribution in [3.63, 3.8) is 0 Å². The summed E-state index contributed by atoms with van der Waals surface area (Å²) in [5.41, 5.74) is 7.80. The molecule has 0 atom stereocenters. The first kappa shape index (κ1) is 10.2. The van der Waals surface area contributed by atoms with Gasteiger partial charge in [0.25, 0.3) is 5.91 Å². The van der Waals surface area contributed by atoms with Crippen LogP contribution in [0.15, 0.2) is 24.3 Å². The van der Waals surface area contributed by atoms with Crippen LogP contribution in [0.3, 0.4) is 0 Å². The van der Waals surface area contributed by atoms with Gasteiger partial charge in [0.15, 0.2) is 0 Å². The van der Waals surface area contributed by atoms with Crippen molar-refractivity contribution >= 4 is 5.91 Å². The minimum Gasteiger partial charge on any atom is -0.345 e. The number of amides is 1. The number of hydrogen-bond donors (Lipinski definition) is 1. The Morgan fingerprint density at radius 2 is 1.80 bits per heavy atom. The molecule has 1 fully saturated rings. The van der Waals surface area contributed by atoms with Crippen LogP contribution in [0.1, 0.15) is 28.8 Å². The monoisotopic (exact) mass is 204 g/mol. The Morgan fingerprint density at radius 1 is 1.27 bits per heavy atom. The molecule has 0 bridgehead atoms. The third-order valence-electron chi connectivity index (χ3n) is 2.90. The van der Waals surface area contributed by atoms with Gasteiger partial charge in [0.2, 0.25) is 0 Å². The van der Waals surface area contributed by atoms with Gasteiger partial charge in [-0.3, -0.25) is 4.79 Å². The van der Waals surface area contributed by atoms with Gasteiger partial charge in [-0.1, -0.05) is 12.1 Å². The summed E-state index contributed by atoms with van der Waals surface area (Å²) in [6.45, 7) is 0. The van der Waals surface area contributed by atoms with Gasteiger partial charge in [-0.05, 0) is 30.5 Å². The van der Waals surface area contributed by atoms with Gasteiger partial charge < -0.3 is 10.6 Å². The number of carbonyl (C=O) groups excluding carboxylic acids is 1. The minimum absolute atomic E-state index is 0.0309. The van der Waals surface area contributed by atoms with Gasteiger partial charge in [0.1, 0.15) is 0 Å². The second-order valence-corrected chi connectivity index (χ2v) is 4.43. The molecule has 0 unspecified atom stereocenters. The van der Waals surface area contributed by atoms with Crippen molar-refractivity contribution < 1.29 is 4.79 Å². The zero-order valence-corrected chi connectivity index (χ0v) is 9.16. The number of hydrogen-bond acceptors (Lipinski definition) is 2. The maximum absolute atomic E-state index is 11.6. The smallest absolute Gasteiger partial charge is 0.253 e. The van der Waals surface area contributed by atoms with Crippen LogP contribution in [0.25, 0.3) is 0 Å². The van der Waals surface area contributed by atoms with E-state index in [1.165, 1.54) is 0 Å². The summed E-state index contributed by atoms with van der Waals surface area (Å²) < 4.78 is 0. The Balaban J connectivity index is 2.21. The number of rotatable bonds is 2. The van der Waals surface area contributed by atoms with E-state index in [4.69, 9.17) is 5.73 Å². The molecule has 0 heterocycles. The first-order valence-corrected chi connectivity index (χ1v) is 5.14. The molecule has 0 radical (unpaired) electrons. The van der Waals surface area contributed by atoms with Gasteiger partial charge in [0, 0.05) is 25.2 Å². The molecule has 2 rings (SSSR count). The second kappa shape index (κ2) is 3.35. The Kier molecular flexibility index (Phi) is 2.27. The molecule has 0 saturated heterocycles. The van der Waals surface area contributed by atoms with Crippen LogP contribution in [0.2, 0.25) is 0 Å². The van der Waals surface area contributed by atoms with Gasteiger partial charge in [0.05, 0.1) is 0 Å². The Hall–Kier alpha value is -1.35. The van der Waals surface area contributed by atoms with Crippen LogP contribution in [0.4, 0.5) is 0 Å². The summed E-state index contributed by atoms with van der Waals surface area (Å²) in [6, 6.07) is 7.63. The van der Waals surface area contributed by atoms with Crippen LogP contribution >= 0.6 is 0 Å². The van der Waals surface area contributed by atoms with Crippen LogP contribution in [0, 0.1) is 0 Å². The zero-order valence-electron chi connectivity index (χ0n) is 9.16. The zero-order chi connectivity index (χ0) is 11.1. The number of benzene rings is 1. The van der Waals surface area contributed by atoms with Crippen LogP contribution in [-0.4, -0.2) is 24.9 Å². The normalized spacial score (nSPS) is 17.3. The molecule has 1 aromatic carbocycles. The maximum atomic E-state index is 11.6. The van der Waals surface area contributed by atoms with E-state index in [0.717, 1.165) is 18.4 Å². The first-order chi connectivity index (χ1) is 7.03. The maximum Gasteiger partial charge on any atom is 0.253 e. The Bertz CT molecular complexity index is 377. The molecule has 1 saturated carbocycles. The lowest BCUT2D eigenvalue weighted by atomic mass is 10.0. The summed E-state index contributed by atoms with van der Waals surface area (Å²) in [7, 11) is 3.50. The van der Waals surface area contributed by atoms with Crippen molar-refractivity contribution in [1.82, 2.24) is 4.90 Å². The van der Waals surface area contributed by atoms with Crippen LogP contribution in [-0.2, 0) is 5.54 Å². The van der Waals surface area contributed by atoms with Gasteiger partial charge in [-0.25, -0.2) is 0 Å². The Morgan fingerprint density at radius 3 is 2.20 bits per heavy atom. The molecule has 1 aliphatic carbocycles. The highest BCUT2D eigenvalue weighted by Crippen LogP contribution is 2.42. The quantitative estimate of drug-likeness (QED) is 0.790. The average molecular weight is 204 g/mol. The van der Waals surface area contributed by atoms with E-state index < -0.39 is 0 Å². The van der Waals surface area contributed by atoms with E-state index in [9.17, 15) is 4.79 Å². The van der Waals surface area contributed by atoms with Gasteiger partial charge in [-0.15, -0.1) is 0 Å². The summed E-state index contributed by atoms with van der Waals surface area (Å²) in [6.07, 6.45) is 2.10. The highest BCUT2D eigenvalue weighted by Gasteiger charge is 2.39. The van der Waals surface area contributed by atoms with E-state index in [2.05, 4.69) is 0 Å². The number of nitrogens with two attached hydrogens (primary N) is 1. The van der Waals surface area contributed by atoms with Crippen molar-refractivity contribution in [3.8, 4) is 0 Å². The highest BCUT2D eigenvalue weighted by molar-refractivity contribution is 5.93. The molecular formula is C12H16N2O. The topological polar surface area (TPSA) is 46.3 Å². The van der Waals surface area contributed by atoms with Crippen molar-refractivity contribution in [2.75, 3.05) is 14.1 Å². The molecule has 1 aromatic rings. The van der Waals surface area contributed by atoms with Crippen molar-refractivity contribution in [3.05, 3.63) is 35.4 Å². The average Bonchev–Trinajstić information content (AvgIpc) is 2.97. The first-order valence-electron chi connectivity index (χ1n) is 5.14. The van der Waals surface area contributed by atoms with Crippen molar-refractivity contribution in [1.29, 1.82) is 0 Å². The van der Waals surface area contributed by atoms with E-state index in [1.54, 1.807) is 19.0 Å².